The van der Waals surface area contributed by atoms with Crippen molar-refractivity contribution in [3.63, 3.8) is 0 Å². The molecule has 1 saturated heterocycles. The van der Waals surface area contributed by atoms with E-state index < -0.39 is 0 Å². The number of rotatable bonds is 4. The van der Waals surface area contributed by atoms with Gasteiger partial charge in [0.2, 0.25) is 5.91 Å². The Kier molecular flexibility index (Phi) is 4.71. The zero-order valence-corrected chi connectivity index (χ0v) is 13.5. The summed E-state index contributed by atoms with van der Waals surface area (Å²) in [5, 5.41) is 0.895. The molecular weight excluding hydrogens is 290 g/mol. The van der Waals surface area contributed by atoms with Gasteiger partial charge >= 0.3 is 0 Å². The average molecular weight is 313 g/mol. The van der Waals surface area contributed by atoms with E-state index in [0.29, 0.717) is 18.8 Å². The molecule has 0 aliphatic carbocycles. The Balaban J connectivity index is 1.64. The molecule has 0 atom stereocenters. The van der Waals surface area contributed by atoms with Gasteiger partial charge in [0.25, 0.3) is 0 Å². The number of nitrogens with two attached hydrogens (primary N) is 1. The minimum atomic E-state index is 0.262. The molecule has 1 fully saturated rings. The number of para-hydroxylation sites is 1. The fourth-order valence-electron chi connectivity index (χ4n) is 2.95. The number of hydrogen-bond donors (Lipinski definition) is 1. The molecule has 122 valence electrons. The molecule has 1 aliphatic heterocycles. The van der Waals surface area contributed by atoms with E-state index in [9.17, 15) is 4.79 Å². The summed E-state index contributed by atoms with van der Waals surface area (Å²) >= 11 is 0. The summed E-state index contributed by atoms with van der Waals surface area (Å²) in [6.07, 6.45) is 1.55. The van der Waals surface area contributed by atoms with Crippen LogP contribution in [0.15, 0.2) is 24.3 Å². The first-order valence-corrected chi connectivity index (χ1v) is 8.18. The highest BCUT2D eigenvalue weighted by Crippen LogP contribution is 2.18. The quantitative estimate of drug-likeness (QED) is 0.929. The molecule has 0 bridgehead atoms. The maximum Gasteiger partial charge on any atom is 0.222 e. The fourth-order valence-corrected chi connectivity index (χ4v) is 2.95. The van der Waals surface area contributed by atoms with Crippen molar-refractivity contribution < 1.29 is 4.79 Å². The number of benzene rings is 1. The molecule has 0 saturated carbocycles. The number of carbonyl (C=O) groups is 1. The van der Waals surface area contributed by atoms with E-state index in [4.69, 9.17) is 5.73 Å². The van der Waals surface area contributed by atoms with Crippen molar-refractivity contribution in [2.45, 2.75) is 26.3 Å². The second-order valence-corrected chi connectivity index (χ2v) is 5.95. The third kappa shape index (κ3) is 3.59. The van der Waals surface area contributed by atoms with Crippen molar-refractivity contribution in [2.24, 2.45) is 0 Å². The van der Waals surface area contributed by atoms with E-state index in [-0.39, 0.29) is 5.91 Å². The molecule has 0 unspecified atom stereocenters. The molecule has 2 heterocycles. The van der Waals surface area contributed by atoms with Gasteiger partial charge < -0.3 is 10.6 Å². The highest BCUT2D eigenvalue weighted by Gasteiger charge is 2.21. The summed E-state index contributed by atoms with van der Waals surface area (Å²) in [5.41, 5.74) is 6.92. The number of nitrogens with zero attached hydrogens (tertiary/aromatic N) is 4. The summed E-state index contributed by atoms with van der Waals surface area (Å²) in [4.78, 5) is 25.2. The average Bonchev–Trinajstić information content (AvgIpc) is 2.56. The number of piperazine rings is 1. The molecular formula is C17H23N5O. The van der Waals surface area contributed by atoms with Gasteiger partial charge in [-0.3, -0.25) is 9.69 Å². The molecule has 2 N–H and O–H groups in total. The van der Waals surface area contributed by atoms with E-state index in [1.165, 1.54) is 0 Å². The van der Waals surface area contributed by atoms with Gasteiger partial charge in [-0.1, -0.05) is 19.1 Å². The van der Waals surface area contributed by atoms with Crippen molar-refractivity contribution >= 4 is 22.6 Å². The van der Waals surface area contributed by atoms with Gasteiger partial charge in [-0.25, -0.2) is 9.97 Å². The Labute approximate surface area is 136 Å². The van der Waals surface area contributed by atoms with Gasteiger partial charge in [0, 0.05) is 38.0 Å². The first-order chi connectivity index (χ1) is 11.2. The van der Waals surface area contributed by atoms with Crippen LogP contribution < -0.4 is 5.73 Å². The lowest BCUT2D eigenvalue weighted by Crippen LogP contribution is -2.48. The zero-order chi connectivity index (χ0) is 16.2. The molecule has 23 heavy (non-hydrogen) atoms. The van der Waals surface area contributed by atoms with Crippen LogP contribution in [0.1, 0.15) is 25.6 Å². The Morgan fingerprint density at radius 1 is 1.17 bits per heavy atom. The van der Waals surface area contributed by atoms with Gasteiger partial charge in [-0.05, 0) is 18.6 Å². The SMILES string of the molecule is CCCC(=O)N1CCN(Cc2nc(N)c3ccccc3n2)CC1. The van der Waals surface area contributed by atoms with Crippen LogP contribution in [-0.2, 0) is 11.3 Å². The van der Waals surface area contributed by atoms with Gasteiger partial charge in [0.1, 0.15) is 11.6 Å². The minimum absolute atomic E-state index is 0.262. The molecule has 0 spiro atoms. The fraction of sp³-hybridized carbons (Fsp3) is 0.471. The van der Waals surface area contributed by atoms with Gasteiger partial charge in [-0.2, -0.15) is 0 Å². The number of hydrogen-bond acceptors (Lipinski definition) is 5. The molecule has 6 nitrogen and oxygen atoms in total. The third-order valence-electron chi connectivity index (χ3n) is 4.23. The first-order valence-electron chi connectivity index (χ1n) is 8.18. The lowest BCUT2D eigenvalue weighted by Gasteiger charge is -2.34. The summed E-state index contributed by atoms with van der Waals surface area (Å²) < 4.78 is 0. The Bertz CT molecular complexity index is 694. The first kappa shape index (κ1) is 15.7. The van der Waals surface area contributed by atoms with Crippen LogP contribution in [0.2, 0.25) is 0 Å². The number of carbonyl (C=O) groups excluding carboxylic acids is 1. The minimum Gasteiger partial charge on any atom is -0.383 e. The molecule has 3 rings (SSSR count). The molecule has 1 aromatic carbocycles. The topological polar surface area (TPSA) is 75.4 Å². The van der Waals surface area contributed by atoms with Crippen molar-refractivity contribution in [3.05, 3.63) is 30.1 Å². The Morgan fingerprint density at radius 2 is 1.91 bits per heavy atom. The largest absolute Gasteiger partial charge is 0.383 e. The van der Waals surface area contributed by atoms with Crippen molar-refractivity contribution in [3.8, 4) is 0 Å². The standard InChI is InChI=1S/C17H23N5O/c1-2-5-16(23)22-10-8-21(9-11-22)12-15-19-14-7-4-3-6-13(14)17(18)20-15/h3-4,6-7H,2,5,8-12H2,1H3,(H2,18,19,20). The predicted octanol–water partition coefficient (Wildman–Crippen LogP) is 1.66. The number of amides is 1. The van der Waals surface area contributed by atoms with E-state index in [2.05, 4.69) is 14.9 Å². The predicted molar refractivity (Wildman–Crippen MR) is 90.7 cm³/mol. The molecule has 0 radical (unpaired) electrons. The smallest absolute Gasteiger partial charge is 0.222 e. The van der Waals surface area contributed by atoms with Crippen LogP contribution in [0.5, 0.6) is 0 Å². The molecule has 1 amide bonds. The van der Waals surface area contributed by atoms with Crippen LogP contribution in [0.3, 0.4) is 0 Å². The summed E-state index contributed by atoms with van der Waals surface area (Å²) in [6.45, 7) is 5.97. The highest BCUT2D eigenvalue weighted by molar-refractivity contribution is 5.87. The van der Waals surface area contributed by atoms with Gasteiger partial charge in [-0.15, -0.1) is 0 Å². The monoisotopic (exact) mass is 313 g/mol. The number of nitrogen functional groups attached to an aromatic ring is 1. The van der Waals surface area contributed by atoms with Crippen LogP contribution in [-0.4, -0.2) is 51.9 Å². The van der Waals surface area contributed by atoms with Crippen LogP contribution in [0.4, 0.5) is 5.82 Å². The molecule has 1 aliphatic rings. The van der Waals surface area contributed by atoms with Crippen LogP contribution >= 0.6 is 0 Å². The van der Waals surface area contributed by atoms with E-state index in [0.717, 1.165) is 49.3 Å². The Hall–Kier alpha value is -2.21. The van der Waals surface area contributed by atoms with Gasteiger partial charge in [0.15, 0.2) is 0 Å². The Morgan fingerprint density at radius 3 is 2.65 bits per heavy atom. The van der Waals surface area contributed by atoms with Gasteiger partial charge in [0.05, 0.1) is 12.1 Å². The highest BCUT2D eigenvalue weighted by atomic mass is 16.2. The normalized spacial score (nSPS) is 16.0. The van der Waals surface area contributed by atoms with Crippen molar-refractivity contribution in [1.29, 1.82) is 0 Å². The zero-order valence-electron chi connectivity index (χ0n) is 13.5. The number of aromatic nitrogens is 2. The van der Waals surface area contributed by atoms with E-state index in [1.807, 2.05) is 36.1 Å². The lowest BCUT2D eigenvalue weighted by molar-refractivity contribution is -0.133. The molecule has 1 aromatic heterocycles. The summed E-state index contributed by atoms with van der Waals surface area (Å²) in [5.74, 6) is 1.54. The molecule has 2 aromatic rings. The lowest BCUT2D eigenvalue weighted by atomic mass is 10.2. The summed E-state index contributed by atoms with van der Waals surface area (Å²) in [6, 6.07) is 7.79. The van der Waals surface area contributed by atoms with E-state index in [1.54, 1.807) is 0 Å². The summed E-state index contributed by atoms with van der Waals surface area (Å²) in [7, 11) is 0. The van der Waals surface area contributed by atoms with Crippen LogP contribution in [0.25, 0.3) is 10.9 Å². The third-order valence-corrected chi connectivity index (χ3v) is 4.23. The maximum atomic E-state index is 11.9. The second-order valence-electron chi connectivity index (χ2n) is 5.95. The second kappa shape index (κ2) is 6.91. The van der Waals surface area contributed by atoms with E-state index >= 15 is 0 Å². The number of fused-ring (bicyclic) bond motifs is 1. The van der Waals surface area contributed by atoms with Crippen LogP contribution in [0, 0.1) is 0 Å². The number of anilines is 1. The molecule has 6 heteroatoms. The maximum absolute atomic E-state index is 11.9. The van der Waals surface area contributed by atoms with Crippen molar-refractivity contribution in [2.75, 3.05) is 31.9 Å². The van der Waals surface area contributed by atoms with Crippen molar-refractivity contribution in [1.82, 2.24) is 19.8 Å².